The number of hydrazone groups is 1. The van der Waals surface area contributed by atoms with Gasteiger partial charge in [0.15, 0.2) is 17.7 Å². The molecule has 4 aromatic carbocycles. The number of carbonyl (C=O) groups excluding carboxylic acids is 2. The van der Waals surface area contributed by atoms with Crippen LogP contribution in [-0.2, 0) is 16.1 Å². The Morgan fingerprint density at radius 3 is 2.57 bits per heavy atom. The van der Waals surface area contributed by atoms with Gasteiger partial charge in [-0.2, -0.15) is 5.10 Å². The summed E-state index contributed by atoms with van der Waals surface area (Å²) in [7, 11) is 1.28. The van der Waals surface area contributed by atoms with Crippen LogP contribution in [0.5, 0.6) is 17.2 Å². The smallest absolute Gasteiger partial charge is 0.337 e. The number of nitrogens with zero attached hydrogens (tertiary/aromatic N) is 1. The fourth-order valence-electron chi connectivity index (χ4n) is 5.12. The van der Waals surface area contributed by atoms with Gasteiger partial charge in [-0.15, -0.1) is 0 Å². The molecule has 0 saturated carbocycles. The summed E-state index contributed by atoms with van der Waals surface area (Å²) >= 11 is 6.32. The van der Waals surface area contributed by atoms with Crippen molar-refractivity contribution >= 4 is 40.6 Å². The van der Waals surface area contributed by atoms with Crippen molar-refractivity contribution in [1.29, 1.82) is 0 Å². The van der Waals surface area contributed by atoms with E-state index in [-0.39, 0.29) is 18.8 Å². The summed E-state index contributed by atoms with van der Waals surface area (Å²) in [5, 5.41) is 22.8. The minimum atomic E-state index is -1.18. The number of hydrogen-bond donors (Lipinski definition) is 4. The van der Waals surface area contributed by atoms with Gasteiger partial charge in [0, 0.05) is 21.8 Å². The molecular weight excluding hydrogens is 624 g/mol. The summed E-state index contributed by atoms with van der Waals surface area (Å²) < 4.78 is 22.7. The Kier molecular flexibility index (Phi) is 10.8. The molecule has 47 heavy (non-hydrogen) atoms. The Labute approximate surface area is 277 Å². The van der Waals surface area contributed by atoms with Crippen molar-refractivity contribution in [3.63, 3.8) is 0 Å². The number of fused-ring (bicyclic) bond motifs is 1. The lowest BCUT2D eigenvalue weighted by Gasteiger charge is -2.28. The topological polar surface area (TPSA) is 140 Å². The number of amides is 2. The molecule has 0 unspecified atom stereocenters. The molecule has 0 aliphatic carbocycles. The van der Waals surface area contributed by atoms with Crippen LogP contribution < -0.4 is 30.3 Å². The Balaban J connectivity index is 1.28. The van der Waals surface area contributed by atoms with E-state index in [2.05, 4.69) is 21.2 Å². The molecule has 0 radical (unpaired) electrons. The molecule has 2 atom stereocenters. The van der Waals surface area contributed by atoms with Crippen LogP contribution >= 0.6 is 11.6 Å². The number of urea groups is 1. The maximum absolute atomic E-state index is 12.5. The number of carbonyl (C=O) groups is 2. The molecule has 1 aliphatic rings. The molecule has 1 aliphatic heterocycles. The van der Waals surface area contributed by atoms with Crippen LogP contribution in [0, 0.1) is 0 Å². The van der Waals surface area contributed by atoms with Gasteiger partial charge in [-0.25, -0.2) is 9.59 Å². The van der Waals surface area contributed by atoms with Gasteiger partial charge in [0.25, 0.3) is 0 Å². The van der Waals surface area contributed by atoms with Gasteiger partial charge in [0.1, 0.15) is 19.0 Å². The van der Waals surface area contributed by atoms with Crippen LogP contribution in [0.2, 0.25) is 5.02 Å². The molecule has 4 aromatic rings. The van der Waals surface area contributed by atoms with Crippen LogP contribution in [0.25, 0.3) is 10.8 Å². The Bertz CT molecular complexity index is 1830. The van der Waals surface area contributed by atoms with Gasteiger partial charge in [0.05, 0.1) is 31.5 Å². The second-order valence-corrected chi connectivity index (χ2v) is 10.9. The standard InChI is InChI=1S/C35H35ClN4O7/c1-4-45-30-17-23(33-32(34(42)44-3)21(2)38-35(43)39-33)14-16-29(30)47-20-31(41)40-37-18-26-25-11-7-5-9-22(25)13-15-28(26)46-19-24-10-6-8-12-27(24)36/h5-18,31,33,40-41H,4,19-20H2,1-3H3,(H2,38,39,43)/b37-18+/t31-,33-/m1/s1. The van der Waals surface area contributed by atoms with Crippen LogP contribution in [0.3, 0.4) is 0 Å². The van der Waals surface area contributed by atoms with Gasteiger partial charge < -0.3 is 34.7 Å². The minimum absolute atomic E-state index is 0.168. The van der Waals surface area contributed by atoms with Crippen molar-refractivity contribution in [2.24, 2.45) is 5.10 Å². The van der Waals surface area contributed by atoms with Gasteiger partial charge in [-0.05, 0) is 54.4 Å². The Morgan fingerprint density at radius 2 is 1.79 bits per heavy atom. The fourth-order valence-corrected chi connectivity index (χ4v) is 5.31. The summed E-state index contributed by atoms with van der Waals surface area (Å²) in [4.78, 5) is 24.7. The van der Waals surface area contributed by atoms with Crippen LogP contribution in [0.4, 0.5) is 4.79 Å². The second-order valence-electron chi connectivity index (χ2n) is 10.5. The van der Waals surface area contributed by atoms with Crippen molar-refractivity contribution in [2.45, 2.75) is 32.7 Å². The Hall–Kier alpha value is -5.26. The summed E-state index contributed by atoms with van der Waals surface area (Å²) in [5.41, 5.74) is 5.52. The third-order valence-electron chi connectivity index (χ3n) is 7.36. The number of ether oxygens (including phenoxy) is 4. The fraction of sp³-hybridized carbons (Fsp3) is 0.229. The monoisotopic (exact) mass is 658 g/mol. The van der Waals surface area contributed by atoms with Crippen LogP contribution in [0.1, 0.15) is 36.6 Å². The molecule has 11 nitrogen and oxygen atoms in total. The van der Waals surface area contributed by atoms with Crippen molar-refractivity contribution in [2.75, 3.05) is 20.3 Å². The van der Waals surface area contributed by atoms with Crippen molar-refractivity contribution in [3.05, 3.63) is 112 Å². The van der Waals surface area contributed by atoms with E-state index in [1.165, 1.54) is 7.11 Å². The lowest BCUT2D eigenvalue weighted by molar-refractivity contribution is -0.136. The number of methoxy groups -OCH3 is 1. The first-order chi connectivity index (χ1) is 22.8. The first kappa shape index (κ1) is 33.1. The van der Waals surface area contributed by atoms with Crippen molar-refractivity contribution in [3.8, 4) is 17.2 Å². The van der Waals surface area contributed by atoms with Crippen molar-refractivity contribution < 1.29 is 33.6 Å². The number of hydrogen-bond acceptors (Lipinski definition) is 9. The molecule has 244 valence electrons. The molecule has 0 bridgehead atoms. The molecule has 0 fully saturated rings. The first-order valence-electron chi connectivity index (χ1n) is 14.9. The average Bonchev–Trinajstić information content (AvgIpc) is 3.07. The zero-order valence-corrected chi connectivity index (χ0v) is 26.8. The maximum atomic E-state index is 12.5. The zero-order chi connectivity index (χ0) is 33.3. The number of halogens is 1. The normalized spacial score (nSPS) is 15.2. The van der Waals surface area contributed by atoms with E-state index in [0.717, 1.165) is 21.9 Å². The van der Waals surface area contributed by atoms with E-state index < -0.39 is 24.3 Å². The highest BCUT2D eigenvalue weighted by molar-refractivity contribution is 6.31. The minimum Gasteiger partial charge on any atom is -0.490 e. The number of benzene rings is 4. The van der Waals surface area contributed by atoms with E-state index in [1.54, 1.807) is 31.3 Å². The van der Waals surface area contributed by atoms with Gasteiger partial charge in [-0.3, -0.25) is 5.43 Å². The third kappa shape index (κ3) is 7.94. The maximum Gasteiger partial charge on any atom is 0.337 e. The number of allylic oxidation sites excluding steroid dienone is 1. The van der Waals surface area contributed by atoms with Crippen LogP contribution in [-0.4, -0.2) is 49.9 Å². The molecule has 0 spiro atoms. The summed E-state index contributed by atoms with van der Waals surface area (Å²) in [5.74, 6) is 0.749. The number of nitrogens with one attached hydrogen (secondary N) is 3. The number of aliphatic hydroxyl groups is 1. The summed E-state index contributed by atoms with van der Waals surface area (Å²) in [6.45, 7) is 3.88. The summed E-state index contributed by atoms with van der Waals surface area (Å²) in [6, 6.07) is 23.0. The van der Waals surface area contributed by atoms with Crippen LogP contribution in [0.15, 0.2) is 95.2 Å². The highest BCUT2D eigenvalue weighted by Gasteiger charge is 2.32. The highest BCUT2D eigenvalue weighted by atomic mass is 35.5. The molecule has 4 N–H and O–H groups in total. The molecule has 5 rings (SSSR count). The predicted molar refractivity (Wildman–Crippen MR) is 179 cm³/mol. The molecule has 2 amide bonds. The Morgan fingerprint density at radius 1 is 1.02 bits per heavy atom. The summed E-state index contributed by atoms with van der Waals surface area (Å²) in [6.07, 6.45) is 0.415. The van der Waals surface area contributed by atoms with E-state index in [1.807, 2.05) is 67.6 Å². The van der Waals surface area contributed by atoms with Gasteiger partial charge >= 0.3 is 12.0 Å². The molecule has 1 heterocycles. The van der Waals surface area contributed by atoms with E-state index in [9.17, 15) is 14.7 Å². The number of aliphatic hydroxyl groups excluding tert-OH is 1. The predicted octanol–water partition coefficient (Wildman–Crippen LogP) is 5.59. The quantitative estimate of drug-likeness (QED) is 0.0631. The van der Waals surface area contributed by atoms with Crippen molar-refractivity contribution in [1.82, 2.24) is 16.1 Å². The largest absolute Gasteiger partial charge is 0.490 e. The number of esters is 1. The average molecular weight is 659 g/mol. The molecule has 12 heteroatoms. The third-order valence-corrected chi connectivity index (χ3v) is 7.73. The highest BCUT2D eigenvalue weighted by Crippen LogP contribution is 2.35. The molecular formula is C35H35ClN4O7. The second kappa shape index (κ2) is 15.4. The SMILES string of the molecule is CCOc1cc([C@H]2NC(=O)NC(C)=C2C(=O)OC)ccc1OC[C@@H](O)N/N=C/c1c(OCc2ccccc2Cl)ccc2ccccc12. The lowest BCUT2D eigenvalue weighted by Crippen LogP contribution is -2.45. The molecule has 0 saturated heterocycles. The van der Waals surface area contributed by atoms with E-state index in [4.69, 9.17) is 30.5 Å². The van der Waals surface area contributed by atoms with Gasteiger partial charge in [0.2, 0.25) is 0 Å². The first-order valence-corrected chi connectivity index (χ1v) is 15.3. The lowest BCUT2D eigenvalue weighted by atomic mass is 9.95. The van der Waals surface area contributed by atoms with Gasteiger partial charge in [-0.1, -0.05) is 66.2 Å². The molecule has 0 aromatic heterocycles. The zero-order valence-electron chi connectivity index (χ0n) is 26.1. The van der Waals surface area contributed by atoms with E-state index in [0.29, 0.717) is 40.1 Å². The number of rotatable bonds is 13. The van der Waals surface area contributed by atoms with E-state index >= 15 is 0 Å².